The minimum Gasteiger partial charge on any atom is -0.458 e. The highest BCUT2D eigenvalue weighted by Gasteiger charge is 2.18. The molecule has 0 aliphatic carbocycles. The predicted molar refractivity (Wildman–Crippen MR) is 75.4 cm³/mol. The van der Waals surface area contributed by atoms with E-state index < -0.39 is 13.6 Å². The average Bonchev–Trinajstić information content (AvgIpc) is 2.44. The molecule has 0 radical (unpaired) electrons. The van der Waals surface area contributed by atoms with Crippen LogP contribution in [0, 0.1) is 0 Å². The summed E-state index contributed by atoms with van der Waals surface area (Å²) in [5.41, 5.74) is 0.628. The molecule has 0 amide bonds. The minimum atomic E-state index is -3.28. The van der Waals surface area contributed by atoms with E-state index in [0.717, 1.165) is 0 Å². The lowest BCUT2D eigenvalue weighted by atomic mass is 10.2. The molecule has 0 atom stereocenters. The number of ether oxygens (including phenoxy) is 1. The van der Waals surface area contributed by atoms with Crippen molar-refractivity contribution >= 4 is 19.6 Å². The molecule has 1 heterocycles. The molecule has 0 fully saturated rings. The highest BCUT2D eigenvalue weighted by atomic mass is 31.2. The highest BCUT2D eigenvalue weighted by Crippen LogP contribution is 2.48. The number of nitrogens with zero attached hydrogens (tertiary/aromatic N) is 1. The summed E-state index contributed by atoms with van der Waals surface area (Å²) in [7, 11) is -0.718. The normalized spacial score (nSPS) is 12.1. The number of carbonyl (C=O) groups is 1. The maximum Gasteiger partial charge on any atom is 0.357 e. The van der Waals surface area contributed by atoms with Crippen LogP contribution < -0.4 is 0 Å². The Morgan fingerprint density at radius 3 is 2.55 bits per heavy atom. The first-order valence-corrected chi connectivity index (χ1v) is 7.59. The van der Waals surface area contributed by atoms with E-state index in [1.54, 1.807) is 26.0 Å². The van der Waals surface area contributed by atoms with Crippen LogP contribution in [0.5, 0.6) is 0 Å². The zero-order valence-electron chi connectivity index (χ0n) is 11.9. The molecule has 0 bridgehead atoms. The van der Waals surface area contributed by atoms with Gasteiger partial charge in [0, 0.05) is 31.8 Å². The molecule has 0 spiro atoms. The van der Waals surface area contributed by atoms with Crippen LogP contribution in [-0.2, 0) is 18.3 Å². The predicted octanol–water partition coefficient (Wildman–Crippen LogP) is 3.10. The van der Waals surface area contributed by atoms with Gasteiger partial charge in [-0.05, 0) is 26.0 Å². The van der Waals surface area contributed by atoms with Crippen LogP contribution in [0.25, 0.3) is 6.08 Å². The third-order valence-corrected chi connectivity index (χ3v) is 3.85. The summed E-state index contributed by atoms with van der Waals surface area (Å²) < 4.78 is 26.6. The van der Waals surface area contributed by atoms with E-state index in [0.29, 0.717) is 5.56 Å². The van der Waals surface area contributed by atoms with Crippen LogP contribution in [0.1, 0.15) is 29.9 Å². The molecular weight excluding hydrogens is 281 g/mol. The molecule has 110 valence electrons. The van der Waals surface area contributed by atoms with Gasteiger partial charge in [-0.15, -0.1) is 0 Å². The largest absolute Gasteiger partial charge is 0.458 e. The summed E-state index contributed by atoms with van der Waals surface area (Å²) in [4.78, 5) is 15.9. The molecule has 7 heteroatoms. The van der Waals surface area contributed by atoms with E-state index in [1.807, 2.05) is 0 Å². The van der Waals surface area contributed by atoms with Crippen molar-refractivity contribution in [1.29, 1.82) is 0 Å². The summed E-state index contributed by atoms with van der Waals surface area (Å²) in [6, 6.07) is 3.33. The summed E-state index contributed by atoms with van der Waals surface area (Å²) >= 11 is 0. The van der Waals surface area contributed by atoms with Crippen LogP contribution in [0.15, 0.2) is 24.1 Å². The van der Waals surface area contributed by atoms with E-state index in [-0.39, 0.29) is 11.8 Å². The topological polar surface area (TPSA) is 74.7 Å². The molecule has 0 saturated heterocycles. The second-order valence-corrected chi connectivity index (χ2v) is 6.22. The second-order valence-electron chi connectivity index (χ2n) is 4.12. The van der Waals surface area contributed by atoms with Crippen molar-refractivity contribution in [1.82, 2.24) is 4.98 Å². The van der Waals surface area contributed by atoms with Crippen molar-refractivity contribution in [2.45, 2.75) is 20.0 Å². The number of carbonyl (C=O) groups excluding carboxylic acids is 1. The zero-order valence-corrected chi connectivity index (χ0v) is 12.8. The van der Waals surface area contributed by atoms with E-state index in [2.05, 4.69) is 4.98 Å². The second kappa shape index (κ2) is 7.33. The molecular formula is C13H18NO5P. The van der Waals surface area contributed by atoms with Gasteiger partial charge in [-0.1, -0.05) is 6.07 Å². The first-order chi connectivity index (χ1) is 9.41. The molecule has 0 N–H and O–H groups in total. The zero-order chi connectivity index (χ0) is 15.2. The summed E-state index contributed by atoms with van der Waals surface area (Å²) in [6.45, 7) is 3.50. The molecule has 0 saturated carbocycles. The molecule has 0 unspecified atom stereocenters. The van der Waals surface area contributed by atoms with Crippen molar-refractivity contribution in [3.63, 3.8) is 0 Å². The van der Waals surface area contributed by atoms with Gasteiger partial charge in [0.05, 0.1) is 6.10 Å². The Morgan fingerprint density at radius 2 is 2.00 bits per heavy atom. The minimum absolute atomic E-state index is 0.149. The first kappa shape index (κ1) is 16.6. The molecule has 0 aromatic carbocycles. The molecule has 1 rings (SSSR count). The molecule has 6 nitrogen and oxygen atoms in total. The van der Waals surface area contributed by atoms with Gasteiger partial charge in [-0.2, -0.15) is 0 Å². The standard InChI is InChI=1S/C13H18NO5P/c1-10(2)19-13(15)12-11(6-5-8-14-12)7-9-20(16,17-3)18-4/h5-10H,1-4H3/b9-7+. The SMILES string of the molecule is COP(=O)(/C=C/c1cccnc1C(=O)OC(C)C)OC. The number of hydrogen-bond acceptors (Lipinski definition) is 6. The Balaban J connectivity index is 3.05. The molecule has 20 heavy (non-hydrogen) atoms. The number of pyridine rings is 1. The number of hydrogen-bond donors (Lipinski definition) is 0. The van der Waals surface area contributed by atoms with Gasteiger partial charge in [-0.3, -0.25) is 4.57 Å². The quantitative estimate of drug-likeness (QED) is 0.593. The molecule has 1 aromatic rings. The number of esters is 1. The number of rotatable bonds is 6. The van der Waals surface area contributed by atoms with Gasteiger partial charge in [0.2, 0.25) is 0 Å². The smallest absolute Gasteiger partial charge is 0.357 e. The Morgan fingerprint density at radius 1 is 1.35 bits per heavy atom. The van der Waals surface area contributed by atoms with Crippen molar-refractivity contribution in [3.8, 4) is 0 Å². The van der Waals surface area contributed by atoms with Crippen LogP contribution in [-0.4, -0.2) is 31.3 Å². The number of aromatic nitrogens is 1. The lowest BCUT2D eigenvalue weighted by Crippen LogP contribution is -2.14. The van der Waals surface area contributed by atoms with E-state index in [4.69, 9.17) is 13.8 Å². The van der Waals surface area contributed by atoms with Gasteiger partial charge >= 0.3 is 13.6 Å². The highest BCUT2D eigenvalue weighted by molar-refractivity contribution is 7.57. The maximum absolute atomic E-state index is 11.9. The van der Waals surface area contributed by atoms with E-state index in [1.165, 1.54) is 32.3 Å². The Bertz CT molecular complexity index is 533. The van der Waals surface area contributed by atoms with E-state index in [9.17, 15) is 9.36 Å². The monoisotopic (exact) mass is 299 g/mol. The summed E-state index contributed by atoms with van der Waals surface area (Å²) in [5, 5.41) is 0. The summed E-state index contributed by atoms with van der Waals surface area (Å²) in [5.74, 6) is 0.737. The van der Waals surface area contributed by atoms with Gasteiger partial charge < -0.3 is 13.8 Å². The third-order valence-electron chi connectivity index (χ3n) is 2.32. The van der Waals surface area contributed by atoms with E-state index >= 15 is 0 Å². The fraction of sp³-hybridized carbons (Fsp3) is 0.385. The van der Waals surface area contributed by atoms with Crippen molar-refractivity contribution in [2.75, 3.05) is 14.2 Å². The van der Waals surface area contributed by atoms with Crippen LogP contribution in [0.2, 0.25) is 0 Å². The maximum atomic E-state index is 11.9. The van der Waals surface area contributed by atoms with Crippen molar-refractivity contribution < 1.29 is 23.1 Å². The van der Waals surface area contributed by atoms with Crippen LogP contribution in [0.4, 0.5) is 0 Å². The van der Waals surface area contributed by atoms with Gasteiger partial charge in [-0.25, -0.2) is 9.78 Å². The third kappa shape index (κ3) is 4.56. The fourth-order valence-electron chi connectivity index (χ4n) is 1.36. The molecule has 0 aliphatic heterocycles. The van der Waals surface area contributed by atoms with Gasteiger partial charge in [0.15, 0.2) is 5.69 Å². The molecule has 0 aliphatic rings. The Hall–Kier alpha value is -1.49. The van der Waals surface area contributed by atoms with Crippen LogP contribution >= 0.6 is 7.60 Å². The first-order valence-electron chi connectivity index (χ1n) is 5.98. The lowest BCUT2D eigenvalue weighted by molar-refractivity contribution is 0.0370. The fourth-order valence-corrected chi connectivity index (χ4v) is 2.10. The van der Waals surface area contributed by atoms with Crippen molar-refractivity contribution in [2.24, 2.45) is 0 Å². The molecule has 1 aromatic heterocycles. The Labute approximate surface area is 118 Å². The lowest BCUT2D eigenvalue weighted by Gasteiger charge is -2.10. The van der Waals surface area contributed by atoms with Gasteiger partial charge in [0.1, 0.15) is 0 Å². The summed E-state index contributed by atoms with van der Waals surface area (Å²) in [6.07, 6.45) is 2.71. The van der Waals surface area contributed by atoms with Crippen LogP contribution in [0.3, 0.4) is 0 Å². The van der Waals surface area contributed by atoms with Gasteiger partial charge in [0.25, 0.3) is 0 Å². The average molecular weight is 299 g/mol. The Kier molecular flexibility index (Phi) is 6.07. The van der Waals surface area contributed by atoms with Crippen molar-refractivity contribution in [3.05, 3.63) is 35.4 Å².